The minimum atomic E-state index is 0.469. The minimum Gasteiger partial charge on any atom is -0.328 e. The van der Waals surface area contributed by atoms with Crippen LogP contribution in [-0.4, -0.2) is 24.5 Å². The summed E-state index contributed by atoms with van der Waals surface area (Å²) in [7, 11) is 2.24. The number of rotatable bonds is 4. The molecule has 1 heterocycles. The van der Waals surface area contributed by atoms with E-state index in [-0.39, 0.29) is 0 Å². The molecule has 1 aliphatic rings. The monoisotopic (exact) mass is 252 g/mol. The fraction of sp³-hybridized carbons (Fsp3) is 0.714. The summed E-state index contributed by atoms with van der Waals surface area (Å²) in [6.07, 6.45) is 5.07. The second-order valence-electron chi connectivity index (χ2n) is 5.50. The summed E-state index contributed by atoms with van der Waals surface area (Å²) in [4.78, 5) is 3.99. The van der Waals surface area contributed by atoms with Gasteiger partial charge in [0.1, 0.15) is 0 Å². The number of aryl methyl sites for hydroxylation is 1. The largest absolute Gasteiger partial charge is 0.328 e. The highest BCUT2D eigenvalue weighted by Gasteiger charge is 2.19. The molecule has 0 aromatic carbocycles. The van der Waals surface area contributed by atoms with Gasteiger partial charge in [0.05, 0.1) is 0 Å². The Hall–Kier alpha value is -0.380. The lowest BCUT2D eigenvalue weighted by atomic mass is 9.86. The number of hydrogen-bond acceptors (Lipinski definition) is 3. The number of hydrogen-bond donors (Lipinski definition) is 1. The molecule has 1 fully saturated rings. The third-order valence-electron chi connectivity index (χ3n) is 3.84. The van der Waals surface area contributed by atoms with Gasteiger partial charge in [-0.25, -0.2) is 0 Å². The molecule has 0 spiro atoms. The average molecular weight is 252 g/mol. The summed E-state index contributed by atoms with van der Waals surface area (Å²) < 4.78 is 0. The first-order valence-corrected chi connectivity index (χ1v) is 7.50. The van der Waals surface area contributed by atoms with Gasteiger partial charge in [-0.15, -0.1) is 11.3 Å². The van der Waals surface area contributed by atoms with Gasteiger partial charge in [-0.2, -0.15) is 0 Å². The smallest absolute Gasteiger partial charge is 0.0327 e. The van der Waals surface area contributed by atoms with Gasteiger partial charge < -0.3 is 10.6 Å². The van der Waals surface area contributed by atoms with Crippen molar-refractivity contribution in [3.05, 3.63) is 21.9 Å². The molecule has 17 heavy (non-hydrogen) atoms. The summed E-state index contributed by atoms with van der Waals surface area (Å²) in [5.74, 6) is 0.861. The van der Waals surface area contributed by atoms with E-state index in [0.29, 0.717) is 6.04 Å². The van der Waals surface area contributed by atoms with Crippen molar-refractivity contribution in [1.82, 2.24) is 4.90 Å². The van der Waals surface area contributed by atoms with Crippen LogP contribution in [0.3, 0.4) is 0 Å². The van der Waals surface area contributed by atoms with E-state index >= 15 is 0 Å². The van der Waals surface area contributed by atoms with Gasteiger partial charge in [-0.1, -0.05) is 0 Å². The Morgan fingerprint density at radius 3 is 2.65 bits per heavy atom. The van der Waals surface area contributed by atoms with E-state index in [4.69, 9.17) is 5.73 Å². The summed E-state index contributed by atoms with van der Waals surface area (Å²) in [5.41, 5.74) is 7.38. The predicted octanol–water partition coefficient (Wildman–Crippen LogP) is 3.01. The average Bonchev–Trinajstić information content (AvgIpc) is 2.68. The molecule has 0 atom stereocenters. The van der Waals surface area contributed by atoms with Gasteiger partial charge in [0, 0.05) is 24.0 Å². The molecule has 1 aromatic rings. The zero-order valence-electron chi connectivity index (χ0n) is 11.0. The van der Waals surface area contributed by atoms with E-state index in [2.05, 4.69) is 30.3 Å². The van der Waals surface area contributed by atoms with E-state index in [1.165, 1.54) is 42.7 Å². The second-order valence-corrected chi connectivity index (χ2v) is 6.51. The van der Waals surface area contributed by atoms with Crippen LogP contribution < -0.4 is 5.73 Å². The van der Waals surface area contributed by atoms with Gasteiger partial charge in [0.15, 0.2) is 0 Å². The maximum Gasteiger partial charge on any atom is 0.0327 e. The zero-order valence-corrected chi connectivity index (χ0v) is 11.8. The van der Waals surface area contributed by atoms with Crippen molar-refractivity contribution in [3.8, 4) is 0 Å². The van der Waals surface area contributed by atoms with Gasteiger partial charge >= 0.3 is 0 Å². The highest BCUT2D eigenvalue weighted by Crippen LogP contribution is 2.25. The molecule has 0 radical (unpaired) electrons. The summed E-state index contributed by atoms with van der Waals surface area (Å²) in [5, 5.41) is 2.19. The predicted molar refractivity (Wildman–Crippen MR) is 75.3 cm³/mol. The standard InChI is InChI=1S/C14H24N2S/c1-11-7-8-17-14(11)10-16(2)9-12-3-5-13(15)6-4-12/h7-8,12-13H,3-6,9-10,15H2,1-2H3. The van der Waals surface area contributed by atoms with Crippen molar-refractivity contribution < 1.29 is 0 Å². The van der Waals surface area contributed by atoms with Crippen LogP contribution in [0, 0.1) is 12.8 Å². The lowest BCUT2D eigenvalue weighted by Gasteiger charge is -2.29. The molecule has 2 nitrogen and oxygen atoms in total. The molecule has 0 saturated heterocycles. The summed E-state index contributed by atoms with van der Waals surface area (Å²) in [6.45, 7) is 4.54. The molecule has 0 amide bonds. The van der Waals surface area contributed by atoms with Crippen LogP contribution in [-0.2, 0) is 6.54 Å². The van der Waals surface area contributed by atoms with Gasteiger partial charge in [-0.3, -0.25) is 0 Å². The fourth-order valence-corrected chi connectivity index (χ4v) is 3.67. The molecule has 2 N–H and O–H groups in total. The quantitative estimate of drug-likeness (QED) is 0.892. The molecule has 1 aliphatic carbocycles. The van der Waals surface area contributed by atoms with Crippen LogP contribution in [0.15, 0.2) is 11.4 Å². The first-order valence-electron chi connectivity index (χ1n) is 6.62. The highest BCUT2D eigenvalue weighted by atomic mass is 32.1. The second kappa shape index (κ2) is 5.98. The molecule has 2 rings (SSSR count). The van der Waals surface area contributed by atoms with Crippen LogP contribution in [0.4, 0.5) is 0 Å². The van der Waals surface area contributed by atoms with Crippen molar-refractivity contribution >= 4 is 11.3 Å². The minimum absolute atomic E-state index is 0.469. The van der Waals surface area contributed by atoms with E-state index in [1.807, 2.05) is 11.3 Å². The van der Waals surface area contributed by atoms with Crippen LogP contribution in [0.1, 0.15) is 36.1 Å². The Morgan fingerprint density at radius 2 is 2.06 bits per heavy atom. The highest BCUT2D eigenvalue weighted by molar-refractivity contribution is 7.10. The number of nitrogens with two attached hydrogens (primary N) is 1. The molecule has 0 unspecified atom stereocenters. The number of thiophene rings is 1. The van der Waals surface area contributed by atoms with Crippen molar-refractivity contribution in [3.63, 3.8) is 0 Å². The lowest BCUT2D eigenvalue weighted by Crippen LogP contribution is -2.32. The molecule has 3 heteroatoms. The Kier molecular flexibility index (Phi) is 4.60. The van der Waals surface area contributed by atoms with Crippen LogP contribution in [0.2, 0.25) is 0 Å². The topological polar surface area (TPSA) is 29.3 Å². The van der Waals surface area contributed by atoms with E-state index in [9.17, 15) is 0 Å². The molecule has 0 aliphatic heterocycles. The molecule has 1 saturated carbocycles. The molecule has 0 bridgehead atoms. The maximum absolute atomic E-state index is 5.95. The van der Waals surface area contributed by atoms with E-state index in [0.717, 1.165) is 12.5 Å². The van der Waals surface area contributed by atoms with E-state index in [1.54, 1.807) is 0 Å². The van der Waals surface area contributed by atoms with Crippen LogP contribution in [0.5, 0.6) is 0 Å². The third kappa shape index (κ3) is 3.80. The summed E-state index contributed by atoms with van der Waals surface area (Å²) in [6, 6.07) is 2.68. The molecule has 96 valence electrons. The Morgan fingerprint density at radius 1 is 1.35 bits per heavy atom. The van der Waals surface area contributed by atoms with E-state index < -0.39 is 0 Å². The maximum atomic E-state index is 5.95. The lowest BCUT2D eigenvalue weighted by molar-refractivity contribution is 0.220. The van der Waals surface area contributed by atoms with Crippen molar-refractivity contribution in [2.75, 3.05) is 13.6 Å². The third-order valence-corrected chi connectivity index (χ3v) is 4.85. The molecule has 1 aromatic heterocycles. The summed E-state index contributed by atoms with van der Waals surface area (Å²) >= 11 is 1.88. The first-order chi connectivity index (χ1) is 8.15. The van der Waals surface area contributed by atoms with Gasteiger partial charge in [-0.05, 0) is 62.6 Å². The number of nitrogens with zero attached hydrogens (tertiary/aromatic N) is 1. The van der Waals surface area contributed by atoms with Crippen molar-refractivity contribution in [2.45, 2.75) is 45.2 Å². The SMILES string of the molecule is Cc1ccsc1CN(C)CC1CCC(N)CC1. The van der Waals surface area contributed by atoms with Crippen LogP contribution in [0.25, 0.3) is 0 Å². The zero-order chi connectivity index (χ0) is 12.3. The fourth-order valence-electron chi connectivity index (χ4n) is 2.69. The first kappa shape index (κ1) is 13.1. The van der Waals surface area contributed by atoms with Gasteiger partial charge in [0.2, 0.25) is 0 Å². The van der Waals surface area contributed by atoms with Crippen LogP contribution >= 0.6 is 11.3 Å². The van der Waals surface area contributed by atoms with Crippen molar-refractivity contribution in [1.29, 1.82) is 0 Å². The van der Waals surface area contributed by atoms with Crippen molar-refractivity contribution in [2.24, 2.45) is 11.7 Å². The van der Waals surface area contributed by atoms with Gasteiger partial charge in [0.25, 0.3) is 0 Å². The molecular weight excluding hydrogens is 228 g/mol. The Balaban J connectivity index is 1.77. The Bertz CT molecular complexity index is 340. The molecular formula is C14H24N2S. The normalized spacial score (nSPS) is 25.4. The Labute approximate surface area is 109 Å².